The van der Waals surface area contributed by atoms with Crippen LogP contribution in [0.1, 0.15) is 22.5 Å². The summed E-state index contributed by atoms with van der Waals surface area (Å²) in [7, 11) is 0. The van der Waals surface area contributed by atoms with E-state index < -0.39 is 6.10 Å². The fourth-order valence-corrected chi connectivity index (χ4v) is 2.07. The van der Waals surface area contributed by atoms with Crippen molar-refractivity contribution < 1.29 is 9.90 Å². The molecular formula is C11H13ClN2O2. The van der Waals surface area contributed by atoms with Gasteiger partial charge in [-0.1, -0.05) is 11.6 Å². The van der Waals surface area contributed by atoms with Gasteiger partial charge in [0.25, 0.3) is 5.91 Å². The highest BCUT2D eigenvalue weighted by molar-refractivity contribution is 6.33. The zero-order valence-electron chi connectivity index (χ0n) is 8.98. The Kier molecular flexibility index (Phi) is 3.12. The molecule has 1 aromatic heterocycles. The van der Waals surface area contributed by atoms with Crippen molar-refractivity contribution in [2.75, 3.05) is 13.1 Å². The van der Waals surface area contributed by atoms with Gasteiger partial charge in [-0.15, -0.1) is 0 Å². The van der Waals surface area contributed by atoms with Crippen LogP contribution in [0.4, 0.5) is 0 Å². The first-order valence-corrected chi connectivity index (χ1v) is 5.55. The molecule has 1 fully saturated rings. The van der Waals surface area contributed by atoms with Crippen molar-refractivity contribution in [2.45, 2.75) is 19.4 Å². The number of rotatable bonds is 1. The van der Waals surface area contributed by atoms with E-state index in [-0.39, 0.29) is 5.91 Å². The van der Waals surface area contributed by atoms with Crippen LogP contribution in [0.2, 0.25) is 5.02 Å². The zero-order chi connectivity index (χ0) is 11.7. The van der Waals surface area contributed by atoms with E-state index in [9.17, 15) is 9.90 Å². The van der Waals surface area contributed by atoms with Crippen molar-refractivity contribution in [1.82, 2.24) is 9.88 Å². The van der Waals surface area contributed by atoms with Crippen LogP contribution in [0.3, 0.4) is 0 Å². The molecule has 0 aromatic carbocycles. The standard InChI is InChI=1S/C11H13ClN2O2/c1-7-4-10(12)9(5-13-7)11(16)14-3-2-8(15)6-14/h4-5,8,15H,2-3,6H2,1H3. The van der Waals surface area contributed by atoms with E-state index in [2.05, 4.69) is 4.98 Å². The predicted octanol–water partition coefficient (Wildman–Crippen LogP) is 1.25. The third-order valence-electron chi connectivity index (χ3n) is 2.67. The van der Waals surface area contributed by atoms with Crippen molar-refractivity contribution in [3.05, 3.63) is 28.5 Å². The number of halogens is 1. The molecule has 0 aliphatic carbocycles. The third kappa shape index (κ3) is 2.18. The van der Waals surface area contributed by atoms with Gasteiger partial charge in [0.1, 0.15) is 0 Å². The zero-order valence-corrected chi connectivity index (χ0v) is 9.74. The molecule has 1 aromatic rings. The maximum absolute atomic E-state index is 12.0. The smallest absolute Gasteiger partial charge is 0.257 e. The second-order valence-corrected chi connectivity index (χ2v) is 4.41. The summed E-state index contributed by atoms with van der Waals surface area (Å²) >= 11 is 5.99. The molecule has 1 unspecified atom stereocenters. The van der Waals surface area contributed by atoms with Crippen LogP contribution >= 0.6 is 11.6 Å². The van der Waals surface area contributed by atoms with E-state index in [0.717, 1.165) is 5.69 Å². The SMILES string of the molecule is Cc1cc(Cl)c(C(=O)N2CCC(O)C2)cn1. The lowest BCUT2D eigenvalue weighted by molar-refractivity contribution is 0.0764. The third-order valence-corrected chi connectivity index (χ3v) is 2.98. The molecule has 0 spiro atoms. The number of hydrogen-bond acceptors (Lipinski definition) is 3. The average molecular weight is 241 g/mol. The number of aromatic nitrogens is 1. The molecule has 4 nitrogen and oxygen atoms in total. The number of aliphatic hydroxyl groups excluding tert-OH is 1. The quantitative estimate of drug-likeness (QED) is 0.804. The van der Waals surface area contributed by atoms with Crippen LogP contribution in [0.15, 0.2) is 12.3 Å². The lowest BCUT2D eigenvalue weighted by Gasteiger charge is -2.16. The fourth-order valence-electron chi connectivity index (χ4n) is 1.78. The maximum atomic E-state index is 12.0. The Labute approximate surface area is 98.9 Å². The van der Waals surface area contributed by atoms with E-state index in [0.29, 0.717) is 30.1 Å². The molecule has 16 heavy (non-hydrogen) atoms. The number of aryl methyl sites for hydroxylation is 1. The summed E-state index contributed by atoms with van der Waals surface area (Å²) in [5.74, 6) is -0.158. The number of pyridine rings is 1. The van der Waals surface area contributed by atoms with Crippen LogP contribution in [0.5, 0.6) is 0 Å². The average Bonchev–Trinajstić information content (AvgIpc) is 2.64. The second-order valence-electron chi connectivity index (χ2n) is 4.00. The molecule has 1 saturated heterocycles. The van der Waals surface area contributed by atoms with Gasteiger partial charge in [0.05, 0.1) is 16.7 Å². The van der Waals surface area contributed by atoms with E-state index >= 15 is 0 Å². The minimum Gasteiger partial charge on any atom is -0.391 e. The van der Waals surface area contributed by atoms with Gasteiger partial charge >= 0.3 is 0 Å². The summed E-state index contributed by atoms with van der Waals surface area (Å²) in [6, 6.07) is 1.67. The maximum Gasteiger partial charge on any atom is 0.257 e. The van der Waals surface area contributed by atoms with E-state index in [1.807, 2.05) is 6.92 Å². The van der Waals surface area contributed by atoms with Gasteiger partial charge in [-0.2, -0.15) is 0 Å². The first-order valence-electron chi connectivity index (χ1n) is 5.17. The number of carbonyl (C=O) groups excluding carboxylic acids is 1. The van der Waals surface area contributed by atoms with E-state index in [1.54, 1.807) is 11.0 Å². The highest BCUT2D eigenvalue weighted by Gasteiger charge is 2.26. The normalized spacial score (nSPS) is 20.2. The van der Waals surface area contributed by atoms with Crippen LogP contribution in [-0.2, 0) is 0 Å². The lowest BCUT2D eigenvalue weighted by atomic mass is 10.2. The summed E-state index contributed by atoms with van der Waals surface area (Å²) in [6.07, 6.45) is 1.70. The van der Waals surface area contributed by atoms with E-state index in [1.165, 1.54) is 6.20 Å². The van der Waals surface area contributed by atoms with Crippen molar-refractivity contribution in [3.8, 4) is 0 Å². The van der Waals surface area contributed by atoms with Crippen LogP contribution in [0.25, 0.3) is 0 Å². The van der Waals surface area contributed by atoms with Gasteiger partial charge in [0.2, 0.25) is 0 Å². The van der Waals surface area contributed by atoms with Gasteiger partial charge in [-0.3, -0.25) is 9.78 Å². The van der Waals surface area contributed by atoms with Crippen molar-refractivity contribution in [1.29, 1.82) is 0 Å². The number of hydrogen-bond donors (Lipinski definition) is 1. The summed E-state index contributed by atoms with van der Waals surface area (Å²) in [4.78, 5) is 17.7. The molecule has 1 atom stereocenters. The Morgan fingerprint density at radius 3 is 3.00 bits per heavy atom. The number of nitrogens with zero attached hydrogens (tertiary/aromatic N) is 2. The van der Waals surface area contributed by atoms with Gasteiger partial charge in [0, 0.05) is 25.0 Å². The molecule has 0 bridgehead atoms. The molecule has 1 aliphatic heterocycles. The van der Waals surface area contributed by atoms with Crippen LogP contribution in [-0.4, -0.2) is 40.1 Å². The molecule has 0 saturated carbocycles. The Balaban J connectivity index is 2.21. The van der Waals surface area contributed by atoms with Crippen molar-refractivity contribution in [3.63, 3.8) is 0 Å². The van der Waals surface area contributed by atoms with Gasteiger partial charge < -0.3 is 10.0 Å². The number of aliphatic hydroxyl groups is 1. The van der Waals surface area contributed by atoms with E-state index in [4.69, 9.17) is 11.6 Å². The largest absolute Gasteiger partial charge is 0.391 e. The lowest BCUT2D eigenvalue weighted by Crippen LogP contribution is -2.29. The Bertz CT molecular complexity index is 422. The van der Waals surface area contributed by atoms with Gasteiger partial charge in [-0.05, 0) is 19.4 Å². The monoisotopic (exact) mass is 240 g/mol. The van der Waals surface area contributed by atoms with Crippen molar-refractivity contribution in [2.24, 2.45) is 0 Å². The molecule has 1 N–H and O–H groups in total. The molecule has 1 aliphatic rings. The highest BCUT2D eigenvalue weighted by atomic mass is 35.5. The Hall–Kier alpha value is -1.13. The van der Waals surface area contributed by atoms with Crippen molar-refractivity contribution >= 4 is 17.5 Å². The minimum absolute atomic E-state index is 0.158. The first-order chi connectivity index (χ1) is 7.58. The topological polar surface area (TPSA) is 53.4 Å². The molecular weight excluding hydrogens is 228 g/mol. The number of β-amino-alcohol motifs (C(OH)–C–C–N with tert-alkyl or cyclic N) is 1. The second kappa shape index (κ2) is 4.39. The molecule has 1 amide bonds. The number of likely N-dealkylation sites (tertiary alicyclic amines) is 1. The Morgan fingerprint density at radius 2 is 2.44 bits per heavy atom. The molecule has 5 heteroatoms. The number of amides is 1. The predicted molar refractivity (Wildman–Crippen MR) is 60.5 cm³/mol. The van der Waals surface area contributed by atoms with Crippen LogP contribution < -0.4 is 0 Å². The minimum atomic E-state index is -0.416. The fraction of sp³-hybridized carbons (Fsp3) is 0.455. The molecule has 2 rings (SSSR count). The summed E-state index contributed by atoms with van der Waals surface area (Å²) < 4.78 is 0. The molecule has 86 valence electrons. The summed E-state index contributed by atoms with van der Waals surface area (Å²) in [6.45, 7) is 2.77. The van der Waals surface area contributed by atoms with Gasteiger partial charge in [0.15, 0.2) is 0 Å². The first kappa shape index (κ1) is 11.4. The molecule has 2 heterocycles. The summed E-state index contributed by atoms with van der Waals surface area (Å²) in [5.41, 5.74) is 1.18. The molecule has 0 radical (unpaired) electrons. The Morgan fingerprint density at radius 1 is 1.69 bits per heavy atom. The number of carbonyl (C=O) groups is 1. The van der Waals surface area contributed by atoms with Gasteiger partial charge in [-0.25, -0.2) is 0 Å². The highest BCUT2D eigenvalue weighted by Crippen LogP contribution is 2.20. The van der Waals surface area contributed by atoms with Crippen LogP contribution in [0, 0.1) is 6.92 Å². The summed E-state index contributed by atoms with van der Waals surface area (Å²) in [5, 5.41) is 9.78.